The molecule has 0 N–H and O–H groups in total. The van der Waals surface area contributed by atoms with Crippen molar-refractivity contribution in [2.24, 2.45) is 0 Å². The first-order valence-electron chi connectivity index (χ1n) is 11.0. The first-order chi connectivity index (χ1) is 14.3. The van der Waals surface area contributed by atoms with Crippen molar-refractivity contribution in [1.82, 2.24) is 9.80 Å². The normalized spacial score (nSPS) is 21.4. The Morgan fingerprint density at radius 2 is 1.27 bits per heavy atom. The summed E-state index contributed by atoms with van der Waals surface area (Å²) in [6.07, 6.45) is 2.61. The number of likely N-dealkylation sites (N-methyl/N-ethyl adjacent to an activating group) is 2. The average Bonchev–Trinajstić information content (AvgIpc) is 3.46. The Balaban J connectivity index is 0.000000145. The fraction of sp³-hybridized carbons (Fsp3) is 0.538. The molecule has 1 spiro atoms. The standard InChI is InChI=1S/C13H16FN.C13H18FN/c1-15-8-11-6-10(7-14)2-3-12(11)13(9-15)4-5-13;1-13(2)9-15(3)8-11-6-10(7-14)4-5-12(11)13/h2-3,6H,4-5,7-9H2,1H3;4-6H,7-9H2,1-3H3. The SMILES string of the molecule is CN1Cc2cc(CF)ccc2C(C)(C)C1.CN1Cc2cc(CF)ccc2C2(CC2)C1. The van der Waals surface area contributed by atoms with Gasteiger partial charge in [0.1, 0.15) is 13.3 Å². The summed E-state index contributed by atoms with van der Waals surface area (Å²) in [5.41, 5.74) is 7.70. The van der Waals surface area contributed by atoms with Gasteiger partial charge in [0.05, 0.1) is 0 Å². The summed E-state index contributed by atoms with van der Waals surface area (Å²) >= 11 is 0. The average molecular weight is 413 g/mol. The summed E-state index contributed by atoms with van der Waals surface area (Å²) in [6, 6.07) is 12.2. The van der Waals surface area contributed by atoms with E-state index in [0.29, 0.717) is 5.41 Å². The minimum atomic E-state index is -0.364. The number of alkyl halides is 2. The molecule has 4 heteroatoms. The minimum Gasteiger partial charge on any atom is -0.301 e. The van der Waals surface area contributed by atoms with Crippen LogP contribution < -0.4 is 0 Å². The predicted molar refractivity (Wildman–Crippen MR) is 119 cm³/mol. The first-order valence-corrected chi connectivity index (χ1v) is 11.0. The monoisotopic (exact) mass is 412 g/mol. The van der Waals surface area contributed by atoms with Gasteiger partial charge in [-0.25, -0.2) is 8.78 Å². The van der Waals surface area contributed by atoms with Crippen LogP contribution in [0.4, 0.5) is 8.78 Å². The van der Waals surface area contributed by atoms with Crippen LogP contribution in [0.3, 0.4) is 0 Å². The van der Waals surface area contributed by atoms with E-state index < -0.39 is 0 Å². The molecule has 0 amide bonds. The Labute approximate surface area is 179 Å². The van der Waals surface area contributed by atoms with Crippen LogP contribution in [0, 0.1) is 0 Å². The van der Waals surface area contributed by atoms with Crippen molar-refractivity contribution in [1.29, 1.82) is 0 Å². The lowest BCUT2D eigenvalue weighted by Gasteiger charge is -2.38. The van der Waals surface area contributed by atoms with Gasteiger partial charge in [-0.2, -0.15) is 0 Å². The lowest BCUT2D eigenvalue weighted by molar-refractivity contribution is 0.235. The van der Waals surface area contributed by atoms with Crippen molar-refractivity contribution in [3.05, 3.63) is 69.8 Å². The van der Waals surface area contributed by atoms with E-state index in [0.717, 1.165) is 30.8 Å². The Kier molecular flexibility index (Phi) is 5.75. The fourth-order valence-electron chi connectivity index (χ4n) is 5.53. The maximum atomic E-state index is 12.6. The molecule has 2 heterocycles. The number of halogens is 2. The molecule has 2 aliphatic heterocycles. The molecule has 0 atom stereocenters. The Morgan fingerprint density at radius 3 is 1.80 bits per heavy atom. The third-order valence-electron chi connectivity index (χ3n) is 6.92. The molecule has 1 fully saturated rings. The zero-order valence-corrected chi connectivity index (χ0v) is 18.8. The third-order valence-corrected chi connectivity index (χ3v) is 6.92. The van der Waals surface area contributed by atoms with Gasteiger partial charge in [0.15, 0.2) is 0 Å². The van der Waals surface area contributed by atoms with E-state index in [1.807, 2.05) is 24.3 Å². The molecule has 0 radical (unpaired) electrons. The van der Waals surface area contributed by atoms with Crippen molar-refractivity contribution in [3.63, 3.8) is 0 Å². The van der Waals surface area contributed by atoms with E-state index in [1.165, 1.54) is 41.6 Å². The van der Waals surface area contributed by atoms with Gasteiger partial charge in [-0.1, -0.05) is 50.2 Å². The third kappa shape index (κ3) is 4.17. The second-order valence-electron chi connectivity index (χ2n) is 10.3. The summed E-state index contributed by atoms with van der Waals surface area (Å²) in [5, 5.41) is 0. The summed E-state index contributed by atoms with van der Waals surface area (Å²) in [7, 11) is 4.28. The highest BCUT2D eigenvalue weighted by Gasteiger charge is 2.48. The summed E-state index contributed by atoms with van der Waals surface area (Å²) < 4.78 is 25.2. The van der Waals surface area contributed by atoms with Gasteiger partial charge in [0.25, 0.3) is 0 Å². The van der Waals surface area contributed by atoms with Gasteiger partial charge >= 0.3 is 0 Å². The number of fused-ring (bicyclic) bond motifs is 3. The molecule has 5 rings (SSSR count). The smallest absolute Gasteiger partial charge is 0.115 e. The molecule has 0 unspecified atom stereocenters. The fourth-order valence-corrected chi connectivity index (χ4v) is 5.53. The summed E-state index contributed by atoms with van der Waals surface area (Å²) in [5.74, 6) is 0. The Morgan fingerprint density at radius 1 is 0.767 bits per heavy atom. The lowest BCUT2D eigenvalue weighted by Crippen LogP contribution is -2.39. The van der Waals surface area contributed by atoms with Gasteiger partial charge in [-0.3, -0.25) is 0 Å². The maximum Gasteiger partial charge on any atom is 0.115 e. The van der Waals surface area contributed by atoms with E-state index in [2.05, 4.69) is 49.9 Å². The van der Waals surface area contributed by atoms with Crippen LogP contribution in [-0.2, 0) is 37.3 Å². The van der Waals surface area contributed by atoms with Crippen LogP contribution in [0.2, 0.25) is 0 Å². The number of rotatable bonds is 2. The number of nitrogens with zero attached hydrogens (tertiary/aromatic N) is 2. The van der Waals surface area contributed by atoms with Gasteiger partial charge in [-0.05, 0) is 60.3 Å². The molecule has 2 nitrogen and oxygen atoms in total. The van der Waals surface area contributed by atoms with E-state index in [1.54, 1.807) is 0 Å². The van der Waals surface area contributed by atoms with E-state index in [4.69, 9.17) is 0 Å². The van der Waals surface area contributed by atoms with Gasteiger partial charge in [0.2, 0.25) is 0 Å². The molecule has 162 valence electrons. The quantitative estimate of drug-likeness (QED) is 0.642. The van der Waals surface area contributed by atoms with Crippen LogP contribution in [0.1, 0.15) is 60.1 Å². The number of hydrogen-bond donors (Lipinski definition) is 0. The second kappa shape index (κ2) is 8.05. The minimum absolute atomic E-state index is 0.178. The lowest BCUT2D eigenvalue weighted by atomic mass is 9.78. The first kappa shape index (κ1) is 21.5. The molecular weight excluding hydrogens is 378 g/mol. The zero-order valence-electron chi connectivity index (χ0n) is 18.8. The van der Waals surface area contributed by atoms with Gasteiger partial charge in [-0.15, -0.1) is 0 Å². The molecule has 1 saturated carbocycles. The van der Waals surface area contributed by atoms with Crippen LogP contribution in [0.5, 0.6) is 0 Å². The van der Waals surface area contributed by atoms with Crippen LogP contribution in [-0.4, -0.2) is 37.0 Å². The molecule has 2 aromatic rings. The number of benzene rings is 2. The largest absolute Gasteiger partial charge is 0.301 e. The van der Waals surface area contributed by atoms with Gasteiger partial charge in [0, 0.05) is 37.0 Å². The van der Waals surface area contributed by atoms with E-state index >= 15 is 0 Å². The molecule has 1 aliphatic carbocycles. The van der Waals surface area contributed by atoms with E-state index in [-0.39, 0.29) is 18.8 Å². The highest BCUT2D eigenvalue weighted by atomic mass is 19.1. The van der Waals surface area contributed by atoms with Crippen LogP contribution in [0.15, 0.2) is 36.4 Å². The zero-order chi connectivity index (χ0) is 21.5. The highest BCUT2D eigenvalue weighted by molar-refractivity contribution is 5.43. The van der Waals surface area contributed by atoms with Crippen molar-refractivity contribution in [3.8, 4) is 0 Å². The van der Waals surface area contributed by atoms with Crippen molar-refractivity contribution >= 4 is 0 Å². The van der Waals surface area contributed by atoms with Crippen LogP contribution in [0.25, 0.3) is 0 Å². The van der Waals surface area contributed by atoms with Gasteiger partial charge < -0.3 is 9.80 Å². The molecule has 3 aliphatic rings. The molecule has 30 heavy (non-hydrogen) atoms. The van der Waals surface area contributed by atoms with Crippen molar-refractivity contribution < 1.29 is 8.78 Å². The molecular formula is C26H34F2N2. The molecule has 0 saturated heterocycles. The van der Waals surface area contributed by atoms with Crippen LogP contribution >= 0.6 is 0 Å². The Bertz CT molecular complexity index is 854. The van der Waals surface area contributed by atoms with Crippen molar-refractivity contribution in [2.75, 3.05) is 27.2 Å². The molecule has 0 aromatic heterocycles. The predicted octanol–water partition coefficient (Wildman–Crippen LogP) is 5.51. The topological polar surface area (TPSA) is 6.48 Å². The second-order valence-corrected chi connectivity index (χ2v) is 10.3. The van der Waals surface area contributed by atoms with Crippen molar-refractivity contribution in [2.45, 2.75) is 64.0 Å². The maximum absolute atomic E-state index is 12.6. The summed E-state index contributed by atoms with van der Waals surface area (Å²) in [4.78, 5) is 4.65. The summed E-state index contributed by atoms with van der Waals surface area (Å²) in [6.45, 7) is 7.94. The molecule has 0 bridgehead atoms. The highest BCUT2D eigenvalue weighted by Crippen LogP contribution is 2.52. The molecule has 2 aromatic carbocycles. The van der Waals surface area contributed by atoms with E-state index in [9.17, 15) is 8.78 Å². The number of hydrogen-bond acceptors (Lipinski definition) is 2. The Hall–Kier alpha value is -1.78.